The van der Waals surface area contributed by atoms with Gasteiger partial charge >= 0.3 is 5.97 Å². The minimum atomic E-state index is -0.0142. The van der Waals surface area contributed by atoms with Crippen molar-refractivity contribution in [3.05, 3.63) is 0 Å². The highest BCUT2D eigenvalue weighted by molar-refractivity contribution is 5.72. The van der Waals surface area contributed by atoms with Crippen LogP contribution in [-0.2, 0) is 9.53 Å². The van der Waals surface area contributed by atoms with Gasteiger partial charge in [0.1, 0.15) is 0 Å². The largest absolute Gasteiger partial charge is 0.469 e. The van der Waals surface area contributed by atoms with E-state index in [1.165, 1.54) is 58.5 Å². The number of carbonyl (C=O) groups excluding carboxylic acids is 1. The fourth-order valence-electron chi connectivity index (χ4n) is 2.87. The molecular formula is C16H32O4. The highest BCUT2D eigenvalue weighted by atomic mass is 16.5. The normalized spacial score (nSPS) is 20.0. The average Bonchev–Trinajstić information content (AvgIpc) is 2.58. The maximum atomic E-state index is 10.9. The predicted molar refractivity (Wildman–Crippen MR) is 80.4 cm³/mol. The lowest BCUT2D eigenvalue weighted by Crippen LogP contribution is -2.18. The second-order valence-corrected chi connectivity index (χ2v) is 5.54. The van der Waals surface area contributed by atoms with Crippen LogP contribution < -0.4 is 0 Å². The standard InChI is InChI=1S/C8H14O2.C7H14O.CH4O/c1-10-8(9)7-5-3-2-4-6-7;8-6-7-4-2-1-3-5-7;1-2/h7H,2-6H2,1H3;7-8H,1-6H2;2H,1H3. The number of hydrogen-bond acceptors (Lipinski definition) is 4. The molecule has 0 aromatic carbocycles. The fourth-order valence-corrected chi connectivity index (χ4v) is 2.87. The summed E-state index contributed by atoms with van der Waals surface area (Å²) in [6, 6.07) is 0. The van der Waals surface area contributed by atoms with Crippen LogP contribution >= 0.6 is 0 Å². The van der Waals surface area contributed by atoms with Crippen LogP contribution in [0.4, 0.5) is 0 Å². The number of aliphatic hydroxyl groups is 2. The number of hydrogen-bond donors (Lipinski definition) is 2. The zero-order valence-electron chi connectivity index (χ0n) is 13.1. The Morgan fingerprint density at radius 1 is 0.950 bits per heavy atom. The summed E-state index contributed by atoms with van der Waals surface area (Å²) in [5.74, 6) is 0.835. The highest BCUT2D eigenvalue weighted by Gasteiger charge is 2.20. The lowest BCUT2D eigenvalue weighted by molar-refractivity contribution is -0.146. The molecule has 0 unspecified atom stereocenters. The molecule has 2 N–H and O–H groups in total. The number of esters is 1. The zero-order chi connectivity index (χ0) is 15.2. The molecule has 0 bridgehead atoms. The molecule has 4 nitrogen and oxygen atoms in total. The molecule has 4 heteroatoms. The van der Waals surface area contributed by atoms with E-state index in [1.807, 2.05) is 0 Å². The van der Waals surface area contributed by atoms with Crippen LogP contribution in [-0.4, -0.2) is 37.0 Å². The van der Waals surface area contributed by atoms with Gasteiger partial charge in [-0.3, -0.25) is 4.79 Å². The Morgan fingerprint density at radius 2 is 1.40 bits per heavy atom. The maximum absolute atomic E-state index is 10.9. The Balaban J connectivity index is 0.000000327. The van der Waals surface area contributed by atoms with Crippen molar-refractivity contribution in [2.45, 2.75) is 64.2 Å². The molecule has 0 spiro atoms. The van der Waals surface area contributed by atoms with Gasteiger partial charge < -0.3 is 14.9 Å². The summed E-state index contributed by atoms with van der Waals surface area (Å²) in [7, 11) is 2.47. The van der Waals surface area contributed by atoms with Gasteiger partial charge in [-0.2, -0.15) is 0 Å². The molecule has 0 aromatic rings. The van der Waals surface area contributed by atoms with Crippen LogP contribution in [0.2, 0.25) is 0 Å². The molecular weight excluding hydrogens is 256 g/mol. The van der Waals surface area contributed by atoms with Gasteiger partial charge in [-0.05, 0) is 31.6 Å². The molecule has 20 heavy (non-hydrogen) atoms. The lowest BCUT2D eigenvalue weighted by atomic mass is 9.89. The highest BCUT2D eigenvalue weighted by Crippen LogP contribution is 2.24. The molecule has 0 heterocycles. The summed E-state index contributed by atoms with van der Waals surface area (Å²) in [4.78, 5) is 10.9. The van der Waals surface area contributed by atoms with Crippen LogP contribution in [0.3, 0.4) is 0 Å². The SMILES string of the molecule is CO.COC(=O)C1CCCCC1.OCC1CCCCC1. The van der Waals surface area contributed by atoms with E-state index in [2.05, 4.69) is 4.74 Å². The first-order valence-corrected chi connectivity index (χ1v) is 7.91. The van der Waals surface area contributed by atoms with E-state index in [0.717, 1.165) is 20.0 Å². The van der Waals surface area contributed by atoms with Crippen molar-refractivity contribution in [1.82, 2.24) is 0 Å². The Bertz CT molecular complexity index is 219. The topological polar surface area (TPSA) is 66.8 Å². The molecule has 0 aliphatic heterocycles. The van der Waals surface area contributed by atoms with E-state index >= 15 is 0 Å². The van der Waals surface area contributed by atoms with Gasteiger partial charge in [-0.25, -0.2) is 0 Å². The molecule has 2 fully saturated rings. The van der Waals surface area contributed by atoms with E-state index in [1.54, 1.807) is 0 Å². The minimum absolute atomic E-state index is 0.0142. The van der Waals surface area contributed by atoms with E-state index < -0.39 is 0 Å². The van der Waals surface area contributed by atoms with Crippen LogP contribution in [0, 0.1) is 11.8 Å². The average molecular weight is 288 g/mol. The van der Waals surface area contributed by atoms with E-state index in [4.69, 9.17) is 10.2 Å². The molecule has 0 saturated heterocycles. The maximum Gasteiger partial charge on any atom is 0.308 e. The van der Waals surface area contributed by atoms with Gasteiger partial charge in [-0.1, -0.05) is 38.5 Å². The van der Waals surface area contributed by atoms with Gasteiger partial charge in [-0.15, -0.1) is 0 Å². The Hall–Kier alpha value is -0.610. The molecule has 0 atom stereocenters. The third-order valence-corrected chi connectivity index (χ3v) is 4.12. The van der Waals surface area contributed by atoms with Crippen molar-refractivity contribution in [2.75, 3.05) is 20.8 Å². The first-order chi connectivity index (χ1) is 9.77. The van der Waals surface area contributed by atoms with Crippen molar-refractivity contribution >= 4 is 5.97 Å². The molecule has 2 aliphatic rings. The summed E-state index contributed by atoms with van der Waals surface area (Å²) in [5, 5.41) is 15.7. The van der Waals surface area contributed by atoms with Crippen molar-refractivity contribution in [2.24, 2.45) is 11.8 Å². The summed E-state index contributed by atoms with van der Waals surface area (Å²) in [5.41, 5.74) is 0. The number of aliphatic hydroxyl groups excluding tert-OH is 2. The Morgan fingerprint density at radius 3 is 1.75 bits per heavy atom. The molecule has 2 saturated carbocycles. The van der Waals surface area contributed by atoms with Crippen LogP contribution in [0.1, 0.15) is 64.2 Å². The van der Waals surface area contributed by atoms with Crippen LogP contribution in [0.25, 0.3) is 0 Å². The van der Waals surface area contributed by atoms with Gasteiger partial charge in [0.05, 0.1) is 13.0 Å². The van der Waals surface area contributed by atoms with E-state index in [-0.39, 0.29) is 11.9 Å². The molecule has 0 aromatic heterocycles. The van der Waals surface area contributed by atoms with Crippen molar-refractivity contribution in [3.8, 4) is 0 Å². The van der Waals surface area contributed by atoms with Crippen molar-refractivity contribution in [3.63, 3.8) is 0 Å². The van der Waals surface area contributed by atoms with E-state index in [9.17, 15) is 4.79 Å². The first kappa shape index (κ1) is 19.4. The van der Waals surface area contributed by atoms with Gasteiger partial charge in [0.15, 0.2) is 0 Å². The van der Waals surface area contributed by atoms with E-state index in [0.29, 0.717) is 12.5 Å². The summed E-state index contributed by atoms with van der Waals surface area (Å²) >= 11 is 0. The second-order valence-electron chi connectivity index (χ2n) is 5.54. The monoisotopic (exact) mass is 288 g/mol. The fraction of sp³-hybridized carbons (Fsp3) is 0.938. The lowest BCUT2D eigenvalue weighted by Gasteiger charge is -2.18. The third-order valence-electron chi connectivity index (χ3n) is 4.12. The molecule has 120 valence electrons. The molecule has 0 radical (unpaired) electrons. The number of ether oxygens (including phenoxy) is 1. The summed E-state index contributed by atoms with van der Waals surface area (Å²) in [6.07, 6.45) is 12.3. The smallest absolute Gasteiger partial charge is 0.308 e. The molecule has 2 rings (SSSR count). The molecule has 0 amide bonds. The van der Waals surface area contributed by atoms with Crippen LogP contribution in [0.5, 0.6) is 0 Å². The minimum Gasteiger partial charge on any atom is -0.469 e. The van der Waals surface area contributed by atoms with Gasteiger partial charge in [0.25, 0.3) is 0 Å². The van der Waals surface area contributed by atoms with Gasteiger partial charge in [0, 0.05) is 13.7 Å². The van der Waals surface area contributed by atoms with Crippen molar-refractivity contribution in [1.29, 1.82) is 0 Å². The first-order valence-electron chi connectivity index (χ1n) is 7.91. The number of carbonyl (C=O) groups is 1. The quantitative estimate of drug-likeness (QED) is 0.767. The number of rotatable bonds is 2. The van der Waals surface area contributed by atoms with Crippen molar-refractivity contribution < 1.29 is 19.7 Å². The third kappa shape index (κ3) is 8.54. The second kappa shape index (κ2) is 13.4. The Labute approximate surface area is 123 Å². The predicted octanol–water partition coefficient (Wildman–Crippen LogP) is 2.91. The number of methoxy groups -OCH3 is 1. The Kier molecular flexibility index (Phi) is 13.0. The summed E-state index contributed by atoms with van der Waals surface area (Å²) < 4.78 is 4.65. The zero-order valence-corrected chi connectivity index (χ0v) is 13.1. The summed E-state index contributed by atoms with van der Waals surface area (Å²) in [6.45, 7) is 0.417. The van der Waals surface area contributed by atoms with Gasteiger partial charge in [0.2, 0.25) is 0 Å². The van der Waals surface area contributed by atoms with Crippen LogP contribution in [0.15, 0.2) is 0 Å². The molecule has 2 aliphatic carbocycles.